The lowest BCUT2D eigenvalue weighted by molar-refractivity contribution is 0.0935. The first kappa shape index (κ1) is 20.1. The lowest BCUT2D eigenvalue weighted by Gasteiger charge is -2.17. The fraction of sp³-hybridized carbons (Fsp3) is 0.476. The van der Waals surface area contributed by atoms with Crippen molar-refractivity contribution in [2.24, 2.45) is 0 Å². The molecule has 3 rings (SSSR count). The SMILES string of the molecule is Cc1ccccc1CNC(=O)c1nc(C(=O)NCCN(C)C)c2n1CCCC2. The molecule has 0 radical (unpaired) electrons. The standard InChI is InChI=1S/C21H29N5O2/c1-15-8-4-5-9-16(15)14-23-21(28)19-24-18(17-10-6-7-12-26(17)19)20(27)22-11-13-25(2)3/h4-5,8-9H,6-7,10-14H2,1-3H3,(H,22,27)(H,23,28). The van der Waals surface area contributed by atoms with E-state index in [0.717, 1.165) is 49.2 Å². The average molecular weight is 383 g/mol. The third-order valence-corrected chi connectivity index (χ3v) is 5.08. The Kier molecular flexibility index (Phi) is 6.46. The number of nitrogens with one attached hydrogen (secondary N) is 2. The lowest BCUT2D eigenvalue weighted by atomic mass is 10.1. The van der Waals surface area contributed by atoms with Crippen molar-refractivity contribution in [2.45, 2.75) is 39.3 Å². The van der Waals surface area contributed by atoms with E-state index >= 15 is 0 Å². The summed E-state index contributed by atoms with van der Waals surface area (Å²) < 4.78 is 1.91. The van der Waals surface area contributed by atoms with Gasteiger partial charge in [0.05, 0.1) is 5.69 Å². The number of aromatic nitrogens is 2. The molecule has 2 heterocycles. The second-order valence-electron chi connectivity index (χ2n) is 7.51. The summed E-state index contributed by atoms with van der Waals surface area (Å²) in [6, 6.07) is 7.96. The van der Waals surface area contributed by atoms with Crippen molar-refractivity contribution >= 4 is 11.8 Å². The highest BCUT2D eigenvalue weighted by atomic mass is 16.2. The Morgan fingerprint density at radius 2 is 1.93 bits per heavy atom. The number of carbonyl (C=O) groups excluding carboxylic acids is 2. The second-order valence-corrected chi connectivity index (χ2v) is 7.51. The summed E-state index contributed by atoms with van der Waals surface area (Å²) in [6.07, 6.45) is 2.77. The van der Waals surface area contributed by atoms with Crippen molar-refractivity contribution in [2.75, 3.05) is 27.2 Å². The molecule has 2 aromatic rings. The lowest BCUT2D eigenvalue weighted by Crippen LogP contribution is -2.32. The van der Waals surface area contributed by atoms with Crippen molar-refractivity contribution in [1.29, 1.82) is 0 Å². The topological polar surface area (TPSA) is 79.3 Å². The van der Waals surface area contributed by atoms with Crippen LogP contribution in [0.1, 0.15) is 50.8 Å². The summed E-state index contributed by atoms with van der Waals surface area (Å²) in [5, 5.41) is 5.87. The van der Waals surface area contributed by atoms with Crippen LogP contribution in [0.3, 0.4) is 0 Å². The quantitative estimate of drug-likeness (QED) is 0.763. The molecule has 7 heteroatoms. The molecule has 0 saturated carbocycles. The van der Waals surface area contributed by atoms with Gasteiger partial charge in [-0.3, -0.25) is 9.59 Å². The van der Waals surface area contributed by atoms with Gasteiger partial charge in [0.1, 0.15) is 5.69 Å². The van der Waals surface area contributed by atoms with E-state index in [2.05, 4.69) is 15.6 Å². The van der Waals surface area contributed by atoms with Crippen molar-refractivity contribution < 1.29 is 9.59 Å². The molecular formula is C21H29N5O2. The number of aryl methyl sites for hydroxylation is 1. The van der Waals surface area contributed by atoms with Crippen molar-refractivity contribution in [3.63, 3.8) is 0 Å². The number of fused-ring (bicyclic) bond motifs is 1. The molecule has 1 aromatic heterocycles. The molecule has 150 valence electrons. The molecule has 0 bridgehead atoms. The molecular weight excluding hydrogens is 354 g/mol. The summed E-state index contributed by atoms with van der Waals surface area (Å²) in [6.45, 7) is 4.49. The number of imidazole rings is 1. The van der Waals surface area contributed by atoms with Crippen molar-refractivity contribution in [3.05, 3.63) is 52.6 Å². The minimum Gasteiger partial charge on any atom is -0.349 e. The average Bonchev–Trinajstić information content (AvgIpc) is 3.07. The number of benzene rings is 1. The maximum absolute atomic E-state index is 12.8. The van der Waals surface area contributed by atoms with E-state index in [4.69, 9.17) is 0 Å². The molecule has 0 fully saturated rings. The molecule has 1 aliphatic heterocycles. The Morgan fingerprint density at radius 3 is 2.68 bits per heavy atom. The monoisotopic (exact) mass is 383 g/mol. The van der Waals surface area contributed by atoms with Gasteiger partial charge in [-0.05, 0) is 51.4 Å². The second kappa shape index (κ2) is 9.01. The highest BCUT2D eigenvalue weighted by Gasteiger charge is 2.27. The van der Waals surface area contributed by atoms with Crippen LogP contribution in [0.5, 0.6) is 0 Å². The van der Waals surface area contributed by atoms with E-state index in [1.54, 1.807) is 0 Å². The molecule has 0 saturated heterocycles. The van der Waals surface area contributed by atoms with Crippen LogP contribution in [0.2, 0.25) is 0 Å². The van der Waals surface area contributed by atoms with Crippen LogP contribution in [-0.4, -0.2) is 53.5 Å². The minimum atomic E-state index is -0.237. The van der Waals surface area contributed by atoms with Gasteiger partial charge in [0.15, 0.2) is 5.82 Å². The third-order valence-electron chi connectivity index (χ3n) is 5.08. The first-order valence-corrected chi connectivity index (χ1v) is 9.82. The van der Waals surface area contributed by atoms with Crippen LogP contribution in [0.25, 0.3) is 0 Å². The third kappa shape index (κ3) is 4.59. The number of nitrogens with zero attached hydrogens (tertiary/aromatic N) is 3. The van der Waals surface area contributed by atoms with E-state index in [-0.39, 0.29) is 11.8 Å². The van der Waals surface area contributed by atoms with Gasteiger partial charge in [-0.15, -0.1) is 0 Å². The number of likely N-dealkylation sites (N-methyl/N-ethyl adjacent to an activating group) is 1. The Labute approximate surface area is 166 Å². The van der Waals surface area contributed by atoms with Gasteiger partial charge in [-0.25, -0.2) is 4.98 Å². The van der Waals surface area contributed by atoms with Crippen LogP contribution in [0, 0.1) is 6.92 Å². The summed E-state index contributed by atoms with van der Waals surface area (Å²) in [5.74, 6) is -0.106. The Hall–Kier alpha value is -2.67. The predicted octanol–water partition coefficient (Wildman–Crippen LogP) is 1.75. The fourth-order valence-electron chi connectivity index (χ4n) is 3.44. The normalized spacial score (nSPS) is 13.3. The number of hydrogen-bond donors (Lipinski definition) is 2. The molecule has 0 aliphatic carbocycles. The van der Waals surface area contributed by atoms with Gasteiger partial charge < -0.3 is 20.1 Å². The van der Waals surface area contributed by atoms with E-state index in [0.29, 0.717) is 24.6 Å². The zero-order valence-corrected chi connectivity index (χ0v) is 16.9. The Bertz CT molecular complexity index is 856. The first-order chi connectivity index (χ1) is 13.5. The van der Waals surface area contributed by atoms with Crippen molar-refractivity contribution in [3.8, 4) is 0 Å². The van der Waals surface area contributed by atoms with Crippen LogP contribution in [0.4, 0.5) is 0 Å². The molecule has 7 nitrogen and oxygen atoms in total. The zero-order valence-electron chi connectivity index (χ0n) is 16.9. The van der Waals surface area contributed by atoms with Gasteiger partial charge in [0.25, 0.3) is 11.8 Å². The molecule has 2 amide bonds. The zero-order chi connectivity index (χ0) is 20.1. The number of rotatable bonds is 7. The minimum absolute atomic E-state index is 0.203. The molecule has 28 heavy (non-hydrogen) atoms. The van der Waals surface area contributed by atoms with Gasteiger partial charge in [0, 0.05) is 26.2 Å². The Morgan fingerprint density at radius 1 is 1.14 bits per heavy atom. The van der Waals surface area contributed by atoms with Crippen LogP contribution < -0.4 is 10.6 Å². The largest absolute Gasteiger partial charge is 0.349 e. The summed E-state index contributed by atoms with van der Waals surface area (Å²) in [7, 11) is 3.92. The number of carbonyl (C=O) groups is 2. The van der Waals surface area contributed by atoms with E-state index in [9.17, 15) is 9.59 Å². The first-order valence-electron chi connectivity index (χ1n) is 9.82. The summed E-state index contributed by atoms with van der Waals surface area (Å²) in [5.41, 5.74) is 3.46. The van der Waals surface area contributed by atoms with E-state index in [1.165, 1.54) is 0 Å². The van der Waals surface area contributed by atoms with Crippen molar-refractivity contribution in [1.82, 2.24) is 25.1 Å². The summed E-state index contributed by atoms with van der Waals surface area (Å²) >= 11 is 0. The molecule has 2 N–H and O–H groups in total. The maximum Gasteiger partial charge on any atom is 0.287 e. The maximum atomic E-state index is 12.8. The van der Waals surface area contributed by atoms with E-state index in [1.807, 2.05) is 54.8 Å². The fourth-order valence-corrected chi connectivity index (χ4v) is 3.44. The van der Waals surface area contributed by atoms with Gasteiger partial charge >= 0.3 is 0 Å². The van der Waals surface area contributed by atoms with Gasteiger partial charge in [-0.2, -0.15) is 0 Å². The molecule has 1 aliphatic rings. The smallest absolute Gasteiger partial charge is 0.287 e. The Balaban J connectivity index is 1.75. The highest BCUT2D eigenvalue weighted by Crippen LogP contribution is 2.21. The van der Waals surface area contributed by atoms with Gasteiger partial charge in [-0.1, -0.05) is 24.3 Å². The predicted molar refractivity (Wildman–Crippen MR) is 108 cm³/mol. The van der Waals surface area contributed by atoms with Crippen LogP contribution >= 0.6 is 0 Å². The molecule has 0 atom stereocenters. The van der Waals surface area contributed by atoms with E-state index < -0.39 is 0 Å². The molecule has 1 aromatic carbocycles. The van der Waals surface area contributed by atoms with Crippen LogP contribution in [0.15, 0.2) is 24.3 Å². The summed E-state index contributed by atoms with van der Waals surface area (Å²) in [4.78, 5) is 31.9. The molecule has 0 unspecified atom stereocenters. The van der Waals surface area contributed by atoms with Crippen LogP contribution in [-0.2, 0) is 19.5 Å². The number of hydrogen-bond acceptors (Lipinski definition) is 4. The highest BCUT2D eigenvalue weighted by molar-refractivity contribution is 5.97. The number of amides is 2. The van der Waals surface area contributed by atoms with Gasteiger partial charge in [0.2, 0.25) is 0 Å². The molecule has 0 spiro atoms.